The van der Waals surface area contributed by atoms with Gasteiger partial charge in [-0.2, -0.15) is 0 Å². The van der Waals surface area contributed by atoms with Gasteiger partial charge in [0, 0.05) is 18.5 Å². The Morgan fingerprint density at radius 1 is 1.03 bits per heavy atom. The molecule has 1 heterocycles. The first-order valence-corrected chi connectivity index (χ1v) is 12.6. The zero-order valence-electron chi connectivity index (χ0n) is 21.9. The quantitative estimate of drug-likeness (QED) is 0.343. The molecule has 0 aliphatic carbocycles. The first-order chi connectivity index (χ1) is 16.1. The Hall–Kier alpha value is -2.82. The molecule has 5 nitrogen and oxygen atoms in total. The summed E-state index contributed by atoms with van der Waals surface area (Å²) in [4.78, 5) is 20.9. The molecular weight excluding hydrogens is 422 g/mol. The van der Waals surface area contributed by atoms with Gasteiger partial charge in [-0.3, -0.25) is 4.79 Å². The number of amides is 1. The van der Waals surface area contributed by atoms with Crippen molar-refractivity contribution in [2.24, 2.45) is 0 Å². The lowest BCUT2D eigenvalue weighted by Crippen LogP contribution is -2.39. The van der Waals surface area contributed by atoms with E-state index in [9.17, 15) is 4.79 Å². The van der Waals surface area contributed by atoms with Crippen molar-refractivity contribution in [3.8, 4) is 5.75 Å². The zero-order chi connectivity index (χ0) is 24.9. The standard InChI is InChI=1S/C29H41N3O2/c1-8-24(27(33)30-18-17-26-31-22-13-11-12-14-23(22)32-26)34-25-16-15-20(28(4,5)9-2)19-21(25)29(6,7)10-3/h11-16,19,24H,8-10,17-18H2,1-7H3,(H,30,33)(H,31,32). The number of hydrogen-bond acceptors (Lipinski definition) is 3. The number of imidazole rings is 1. The fraction of sp³-hybridized carbons (Fsp3) is 0.517. The first kappa shape index (κ1) is 25.8. The van der Waals surface area contributed by atoms with Crippen LogP contribution in [0.3, 0.4) is 0 Å². The van der Waals surface area contributed by atoms with Crippen molar-refractivity contribution in [2.75, 3.05) is 6.54 Å². The van der Waals surface area contributed by atoms with Crippen molar-refractivity contribution in [3.63, 3.8) is 0 Å². The van der Waals surface area contributed by atoms with Crippen molar-refractivity contribution in [3.05, 3.63) is 59.4 Å². The molecule has 0 saturated heterocycles. The van der Waals surface area contributed by atoms with Crippen LogP contribution in [-0.2, 0) is 22.0 Å². The SMILES string of the molecule is CCC(Oc1ccc(C(C)(C)CC)cc1C(C)(C)CC)C(=O)NCCc1nc2ccccc2[nH]1. The molecule has 34 heavy (non-hydrogen) atoms. The Balaban J connectivity index is 1.71. The van der Waals surface area contributed by atoms with Crippen LogP contribution < -0.4 is 10.1 Å². The highest BCUT2D eigenvalue weighted by Crippen LogP contribution is 2.39. The highest BCUT2D eigenvalue weighted by atomic mass is 16.5. The summed E-state index contributed by atoms with van der Waals surface area (Å²) in [5.41, 5.74) is 4.48. The van der Waals surface area contributed by atoms with Crippen LogP contribution in [0.4, 0.5) is 0 Å². The van der Waals surface area contributed by atoms with Gasteiger partial charge in [-0.25, -0.2) is 4.98 Å². The van der Waals surface area contributed by atoms with Crippen LogP contribution in [0.25, 0.3) is 11.0 Å². The van der Waals surface area contributed by atoms with E-state index in [0.717, 1.165) is 35.4 Å². The minimum Gasteiger partial charge on any atom is -0.480 e. The van der Waals surface area contributed by atoms with Crippen molar-refractivity contribution in [1.29, 1.82) is 0 Å². The van der Waals surface area contributed by atoms with Crippen molar-refractivity contribution >= 4 is 16.9 Å². The van der Waals surface area contributed by atoms with Crippen LogP contribution in [0.2, 0.25) is 0 Å². The zero-order valence-corrected chi connectivity index (χ0v) is 21.9. The minimum atomic E-state index is -0.535. The maximum absolute atomic E-state index is 13.0. The molecule has 0 fully saturated rings. The molecule has 1 unspecified atom stereocenters. The van der Waals surface area contributed by atoms with E-state index in [4.69, 9.17) is 4.74 Å². The summed E-state index contributed by atoms with van der Waals surface area (Å²) in [5.74, 6) is 1.59. The van der Waals surface area contributed by atoms with Crippen LogP contribution in [0.15, 0.2) is 42.5 Å². The van der Waals surface area contributed by atoms with E-state index in [1.165, 1.54) is 11.1 Å². The second kappa shape index (κ2) is 10.6. The molecule has 0 saturated carbocycles. The predicted molar refractivity (Wildman–Crippen MR) is 141 cm³/mol. The maximum atomic E-state index is 13.0. The van der Waals surface area contributed by atoms with Gasteiger partial charge in [-0.15, -0.1) is 0 Å². The highest BCUT2D eigenvalue weighted by molar-refractivity contribution is 5.81. The summed E-state index contributed by atoms with van der Waals surface area (Å²) in [6.07, 6.45) is 2.76. The lowest BCUT2D eigenvalue weighted by molar-refractivity contribution is -0.128. The lowest BCUT2D eigenvalue weighted by atomic mass is 9.76. The smallest absolute Gasteiger partial charge is 0.261 e. The molecule has 0 spiro atoms. The summed E-state index contributed by atoms with van der Waals surface area (Å²) in [5, 5.41) is 3.04. The van der Waals surface area contributed by atoms with Gasteiger partial charge in [-0.05, 0) is 53.9 Å². The molecule has 2 N–H and O–H groups in total. The predicted octanol–water partition coefficient (Wildman–Crippen LogP) is 6.45. The number of hydrogen-bond donors (Lipinski definition) is 2. The number of rotatable bonds is 11. The second-order valence-corrected chi connectivity index (χ2v) is 10.4. The first-order valence-electron chi connectivity index (χ1n) is 12.6. The van der Waals surface area contributed by atoms with Gasteiger partial charge < -0.3 is 15.0 Å². The monoisotopic (exact) mass is 463 g/mol. The van der Waals surface area contributed by atoms with E-state index >= 15 is 0 Å². The number of benzene rings is 2. The molecule has 184 valence electrons. The average molecular weight is 464 g/mol. The number of H-pyrrole nitrogens is 1. The number of para-hydroxylation sites is 2. The molecule has 1 aromatic heterocycles. The van der Waals surface area contributed by atoms with E-state index in [-0.39, 0.29) is 16.7 Å². The van der Waals surface area contributed by atoms with Gasteiger partial charge in [0.05, 0.1) is 11.0 Å². The molecule has 1 atom stereocenters. The molecule has 2 aromatic carbocycles. The van der Waals surface area contributed by atoms with E-state index < -0.39 is 6.10 Å². The number of fused-ring (bicyclic) bond motifs is 1. The van der Waals surface area contributed by atoms with E-state index in [0.29, 0.717) is 19.4 Å². The second-order valence-electron chi connectivity index (χ2n) is 10.4. The number of carbonyl (C=O) groups excluding carboxylic acids is 1. The van der Waals surface area contributed by atoms with Crippen molar-refractivity contribution < 1.29 is 9.53 Å². The number of aromatic nitrogens is 2. The number of aromatic amines is 1. The fourth-order valence-corrected chi connectivity index (χ4v) is 3.99. The third-order valence-electron chi connectivity index (χ3n) is 7.29. The summed E-state index contributed by atoms with van der Waals surface area (Å²) in [7, 11) is 0. The fourth-order valence-electron chi connectivity index (χ4n) is 3.99. The Bertz CT molecular complexity index is 1080. The molecule has 3 rings (SSSR count). The molecule has 1 amide bonds. The van der Waals surface area contributed by atoms with Crippen molar-refractivity contribution in [2.45, 2.75) is 91.1 Å². The minimum absolute atomic E-state index is 0.0504. The van der Waals surface area contributed by atoms with Crippen LogP contribution in [0, 0.1) is 0 Å². The van der Waals surface area contributed by atoms with Crippen LogP contribution in [0.5, 0.6) is 5.75 Å². The number of carbonyl (C=O) groups is 1. The maximum Gasteiger partial charge on any atom is 0.261 e. The third kappa shape index (κ3) is 5.81. The Morgan fingerprint density at radius 3 is 2.38 bits per heavy atom. The topological polar surface area (TPSA) is 67.0 Å². The van der Waals surface area contributed by atoms with Gasteiger partial charge >= 0.3 is 0 Å². The Morgan fingerprint density at radius 2 is 1.74 bits per heavy atom. The van der Waals surface area contributed by atoms with Gasteiger partial charge in [0.2, 0.25) is 0 Å². The largest absolute Gasteiger partial charge is 0.480 e. The van der Waals surface area contributed by atoms with Crippen LogP contribution >= 0.6 is 0 Å². The normalized spacial score (nSPS) is 13.1. The van der Waals surface area contributed by atoms with Crippen LogP contribution in [-0.4, -0.2) is 28.5 Å². The molecule has 0 bridgehead atoms. The number of nitrogens with zero attached hydrogens (tertiary/aromatic N) is 1. The Labute approximate surface area is 204 Å². The molecule has 3 aromatic rings. The van der Waals surface area contributed by atoms with Crippen molar-refractivity contribution in [1.82, 2.24) is 15.3 Å². The summed E-state index contributed by atoms with van der Waals surface area (Å²) < 4.78 is 6.36. The Kier molecular flexibility index (Phi) is 8.06. The number of ether oxygens (including phenoxy) is 1. The molecule has 0 aliphatic rings. The molecule has 5 heteroatoms. The van der Waals surface area contributed by atoms with Gasteiger partial charge in [0.15, 0.2) is 6.10 Å². The van der Waals surface area contributed by atoms with Gasteiger partial charge in [0.1, 0.15) is 11.6 Å². The van der Waals surface area contributed by atoms with Gasteiger partial charge in [0.25, 0.3) is 5.91 Å². The third-order valence-corrected chi connectivity index (χ3v) is 7.29. The molecule has 0 radical (unpaired) electrons. The van der Waals surface area contributed by atoms with E-state index in [2.05, 4.69) is 75.0 Å². The number of nitrogens with one attached hydrogen (secondary N) is 2. The lowest BCUT2D eigenvalue weighted by Gasteiger charge is -2.31. The summed E-state index contributed by atoms with van der Waals surface area (Å²) >= 11 is 0. The summed E-state index contributed by atoms with van der Waals surface area (Å²) in [6.45, 7) is 15.9. The van der Waals surface area contributed by atoms with Gasteiger partial charge in [-0.1, -0.05) is 72.7 Å². The van der Waals surface area contributed by atoms with E-state index in [1.54, 1.807) is 0 Å². The van der Waals surface area contributed by atoms with E-state index in [1.807, 2.05) is 31.2 Å². The average Bonchev–Trinajstić information content (AvgIpc) is 3.25. The highest BCUT2D eigenvalue weighted by Gasteiger charge is 2.28. The molecular formula is C29H41N3O2. The summed E-state index contributed by atoms with van der Waals surface area (Å²) in [6, 6.07) is 14.4. The van der Waals surface area contributed by atoms with Crippen LogP contribution in [0.1, 0.15) is 84.7 Å². The molecule has 0 aliphatic heterocycles.